The van der Waals surface area contributed by atoms with Crippen molar-refractivity contribution in [1.82, 2.24) is 9.55 Å². The molecule has 5 nitrogen and oxygen atoms in total. The lowest BCUT2D eigenvalue weighted by Crippen LogP contribution is -2.49. The Kier molecular flexibility index (Phi) is 2.48. The van der Waals surface area contributed by atoms with Gasteiger partial charge in [-0.15, -0.1) is 0 Å². The van der Waals surface area contributed by atoms with E-state index in [0.717, 1.165) is 19.3 Å². The number of aryl methyl sites for hydroxylation is 1. The Morgan fingerprint density at radius 1 is 1.67 bits per heavy atom. The van der Waals surface area contributed by atoms with Crippen molar-refractivity contribution in [2.75, 3.05) is 11.9 Å². The Morgan fingerprint density at radius 2 is 2.40 bits per heavy atom. The average Bonchev–Trinajstić information content (AvgIpc) is 2.18. The second kappa shape index (κ2) is 3.66. The van der Waals surface area contributed by atoms with Crippen LogP contribution >= 0.6 is 0 Å². The number of aliphatic hydroxyl groups excluding tert-OH is 1. The van der Waals surface area contributed by atoms with Gasteiger partial charge in [-0.1, -0.05) is 0 Å². The molecule has 1 aliphatic carbocycles. The predicted molar refractivity (Wildman–Crippen MR) is 56.8 cm³/mol. The minimum Gasteiger partial charge on any atom is -0.394 e. The highest BCUT2D eigenvalue weighted by molar-refractivity contribution is 5.36. The molecule has 1 fully saturated rings. The second-order valence-corrected chi connectivity index (χ2v) is 4.11. The van der Waals surface area contributed by atoms with Crippen LogP contribution in [0, 0.1) is 0 Å². The van der Waals surface area contributed by atoms with Gasteiger partial charge in [-0.2, -0.15) is 0 Å². The molecule has 1 aromatic heterocycles. The third-order valence-corrected chi connectivity index (χ3v) is 3.01. The molecule has 5 heteroatoms. The number of hydrogen-bond acceptors (Lipinski definition) is 4. The van der Waals surface area contributed by atoms with Crippen LogP contribution < -0.4 is 10.9 Å². The first kappa shape index (κ1) is 10.2. The van der Waals surface area contributed by atoms with Gasteiger partial charge in [-0.25, -0.2) is 4.98 Å². The molecule has 0 saturated heterocycles. The SMILES string of the molecule is Cn1ccnc(NC2(CO)CCC2)c1=O. The molecule has 0 spiro atoms. The van der Waals surface area contributed by atoms with Crippen molar-refractivity contribution in [3.63, 3.8) is 0 Å². The van der Waals surface area contributed by atoms with Crippen LogP contribution in [-0.2, 0) is 7.05 Å². The molecule has 1 saturated carbocycles. The molecule has 2 rings (SSSR count). The molecule has 1 aliphatic rings. The van der Waals surface area contributed by atoms with Crippen molar-refractivity contribution >= 4 is 5.82 Å². The third kappa shape index (κ3) is 1.74. The van der Waals surface area contributed by atoms with Gasteiger partial charge in [0, 0.05) is 19.4 Å². The molecular weight excluding hydrogens is 194 g/mol. The fourth-order valence-corrected chi connectivity index (χ4v) is 1.76. The van der Waals surface area contributed by atoms with Crippen molar-refractivity contribution in [2.45, 2.75) is 24.8 Å². The topological polar surface area (TPSA) is 67.2 Å². The molecule has 0 aliphatic heterocycles. The molecule has 0 bridgehead atoms. The highest BCUT2D eigenvalue weighted by Crippen LogP contribution is 2.33. The zero-order chi connectivity index (χ0) is 10.9. The lowest BCUT2D eigenvalue weighted by Gasteiger charge is -2.41. The van der Waals surface area contributed by atoms with Gasteiger partial charge in [0.15, 0.2) is 5.82 Å². The minimum absolute atomic E-state index is 0.0483. The number of rotatable bonds is 3. The molecule has 0 amide bonds. The highest BCUT2D eigenvalue weighted by Gasteiger charge is 2.37. The summed E-state index contributed by atoms with van der Waals surface area (Å²) in [5, 5.41) is 12.3. The van der Waals surface area contributed by atoms with Gasteiger partial charge in [0.05, 0.1) is 12.1 Å². The first-order valence-electron chi connectivity index (χ1n) is 5.08. The van der Waals surface area contributed by atoms with E-state index in [1.54, 1.807) is 19.4 Å². The maximum atomic E-state index is 11.7. The number of hydrogen-bond donors (Lipinski definition) is 2. The van der Waals surface area contributed by atoms with E-state index in [4.69, 9.17) is 0 Å². The van der Waals surface area contributed by atoms with E-state index in [0.29, 0.717) is 5.82 Å². The Bertz CT molecular complexity index is 404. The lowest BCUT2D eigenvalue weighted by atomic mass is 9.77. The van der Waals surface area contributed by atoms with Crippen LogP contribution in [0.3, 0.4) is 0 Å². The summed E-state index contributed by atoms with van der Waals surface area (Å²) >= 11 is 0. The van der Waals surface area contributed by atoms with Gasteiger partial charge in [-0.05, 0) is 19.3 Å². The maximum Gasteiger partial charge on any atom is 0.293 e. The molecule has 82 valence electrons. The number of aliphatic hydroxyl groups is 1. The molecule has 0 unspecified atom stereocenters. The predicted octanol–water partition coefficient (Wildman–Crippen LogP) is 0.107. The quantitative estimate of drug-likeness (QED) is 0.741. The van der Waals surface area contributed by atoms with Gasteiger partial charge >= 0.3 is 0 Å². The maximum absolute atomic E-state index is 11.7. The molecule has 1 heterocycles. The van der Waals surface area contributed by atoms with Gasteiger partial charge in [0.2, 0.25) is 0 Å². The molecule has 0 aromatic carbocycles. The minimum atomic E-state index is -0.319. The Balaban J connectivity index is 2.24. The van der Waals surface area contributed by atoms with E-state index < -0.39 is 0 Å². The van der Waals surface area contributed by atoms with E-state index in [-0.39, 0.29) is 17.7 Å². The van der Waals surface area contributed by atoms with Crippen molar-refractivity contribution in [3.8, 4) is 0 Å². The Labute approximate surface area is 87.8 Å². The molecular formula is C10H15N3O2. The summed E-state index contributed by atoms with van der Waals surface area (Å²) in [4.78, 5) is 15.7. The molecule has 1 aromatic rings. The lowest BCUT2D eigenvalue weighted by molar-refractivity contribution is 0.143. The van der Waals surface area contributed by atoms with Crippen molar-refractivity contribution in [1.29, 1.82) is 0 Å². The van der Waals surface area contributed by atoms with Gasteiger partial charge in [0.1, 0.15) is 0 Å². The normalized spacial score (nSPS) is 18.3. The van der Waals surface area contributed by atoms with Gasteiger partial charge in [-0.3, -0.25) is 4.79 Å². The van der Waals surface area contributed by atoms with Crippen molar-refractivity contribution < 1.29 is 5.11 Å². The fraction of sp³-hybridized carbons (Fsp3) is 0.600. The summed E-state index contributed by atoms with van der Waals surface area (Å²) in [7, 11) is 1.68. The van der Waals surface area contributed by atoms with Crippen LogP contribution in [0.1, 0.15) is 19.3 Å². The average molecular weight is 209 g/mol. The van der Waals surface area contributed by atoms with Crippen LogP contribution in [0.5, 0.6) is 0 Å². The van der Waals surface area contributed by atoms with Gasteiger partial charge in [0.25, 0.3) is 5.56 Å². The number of nitrogens with zero attached hydrogens (tertiary/aromatic N) is 2. The summed E-state index contributed by atoms with van der Waals surface area (Å²) in [6, 6.07) is 0. The molecule has 2 N–H and O–H groups in total. The first-order chi connectivity index (χ1) is 7.17. The monoisotopic (exact) mass is 209 g/mol. The standard InChI is InChI=1S/C10H15N3O2/c1-13-6-5-11-8(9(13)15)12-10(7-14)3-2-4-10/h5-6,14H,2-4,7H2,1H3,(H,11,12). The van der Waals surface area contributed by atoms with E-state index in [1.165, 1.54) is 4.57 Å². The van der Waals surface area contributed by atoms with E-state index in [1.807, 2.05) is 0 Å². The zero-order valence-corrected chi connectivity index (χ0v) is 8.73. The molecule has 0 atom stereocenters. The smallest absolute Gasteiger partial charge is 0.293 e. The van der Waals surface area contributed by atoms with Crippen molar-refractivity contribution in [2.24, 2.45) is 7.05 Å². The molecule has 15 heavy (non-hydrogen) atoms. The first-order valence-corrected chi connectivity index (χ1v) is 5.08. The summed E-state index contributed by atoms with van der Waals surface area (Å²) in [5.41, 5.74) is -0.474. The van der Waals surface area contributed by atoms with Crippen LogP contribution in [0.25, 0.3) is 0 Å². The third-order valence-electron chi connectivity index (χ3n) is 3.01. The van der Waals surface area contributed by atoms with Crippen LogP contribution in [0.4, 0.5) is 5.82 Å². The number of aromatic nitrogens is 2. The second-order valence-electron chi connectivity index (χ2n) is 4.11. The van der Waals surface area contributed by atoms with E-state index in [9.17, 15) is 9.90 Å². The Hall–Kier alpha value is -1.36. The Morgan fingerprint density at radius 3 is 2.93 bits per heavy atom. The zero-order valence-electron chi connectivity index (χ0n) is 8.73. The highest BCUT2D eigenvalue weighted by atomic mass is 16.3. The fourth-order valence-electron chi connectivity index (χ4n) is 1.76. The van der Waals surface area contributed by atoms with Crippen LogP contribution in [0.15, 0.2) is 17.2 Å². The summed E-state index contributed by atoms with van der Waals surface area (Å²) in [5.74, 6) is 0.328. The number of anilines is 1. The van der Waals surface area contributed by atoms with Gasteiger partial charge < -0.3 is 15.0 Å². The summed E-state index contributed by atoms with van der Waals surface area (Å²) in [6.07, 6.45) is 6.06. The van der Waals surface area contributed by atoms with Crippen molar-refractivity contribution in [3.05, 3.63) is 22.7 Å². The number of nitrogens with one attached hydrogen (secondary N) is 1. The largest absolute Gasteiger partial charge is 0.394 e. The summed E-state index contributed by atoms with van der Waals surface area (Å²) < 4.78 is 1.47. The molecule has 0 radical (unpaired) electrons. The van der Waals surface area contributed by atoms with Crippen LogP contribution in [-0.4, -0.2) is 26.8 Å². The van der Waals surface area contributed by atoms with Crippen LogP contribution in [0.2, 0.25) is 0 Å². The van der Waals surface area contributed by atoms with E-state index in [2.05, 4.69) is 10.3 Å². The van der Waals surface area contributed by atoms with E-state index >= 15 is 0 Å². The summed E-state index contributed by atoms with van der Waals surface area (Å²) in [6.45, 7) is 0.0483.